The Morgan fingerprint density at radius 1 is 1.22 bits per heavy atom. The van der Waals surface area contributed by atoms with Crippen LogP contribution >= 0.6 is 11.6 Å². The molecule has 1 aliphatic heterocycles. The molecule has 1 atom stereocenters. The lowest BCUT2D eigenvalue weighted by atomic mass is 9.91. The molecule has 1 aromatic rings. The number of halogens is 3. The van der Waals surface area contributed by atoms with Gasteiger partial charge in [-0.3, -0.25) is 4.90 Å². The number of ether oxygens (including phenoxy) is 1. The second-order valence-corrected chi connectivity index (χ2v) is 8.94. The molecule has 0 aromatic heterocycles. The third-order valence-electron chi connectivity index (χ3n) is 6.17. The number of likely N-dealkylation sites (tertiary alicyclic amines) is 1. The molecule has 0 spiro atoms. The normalized spacial score (nSPS) is 17.5. The van der Waals surface area contributed by atoms with E-state index < -0.39 is 5.83 Å². The molecule has 1 aromatic carbocycles. The topological polar surface area (TPSA) is 24.5 Å². The minimum Gasteiger partial charge on any atom is -0.489 e. The molecule has 3 rings (SSSR count). The van der Waals surface area contributed by atoms with Gasteiger partial charge in [0, 0.05) is 23.6 Å². The third-order valence-corrected chi connectivity index (χ3v) is 6.43. The SMILES string of the molecule is C.C=C.C=C/C=C(/OCCN1CCC(CNC(C2=C(F)CCC=C2)c2ccc(Cl)cc2)CC1)C(=C)F. The number of piperidine rings is 1. The highest BCUT2D eigenvalue weighted by Gasteiger charge is 2.24. The van der Waals surface area contributed by atoms with Crippen molar-refractivity contribution in [3.05, 3.63) is 108 Å². The molecule has 1 fully saturated rings. The predicted octanol–water partition coefficient (Wildman–Crippen LogP) is 8.26. The summed E-state index contributed by atoms with van der Waals surface area (Å²) in [5, 5.41) is 4.29. The highest BCUT2D eigenvalue weighted by Crippen LogP contribution is 2.32. The van der Waals surface area contributed by atoms with E-state index in [2.05, 4.69) is 36.5 Å². The molecule has 1 unspecified atom stereocenters. The minimum atomic E-state index is -0.589. The maximum absolute atomic E-state index is 14.7. The van der Waals surface area contributed by atoms with Crippen molar-refractivity contribution >= 4 is 11.6 Å². The van der Waals surface area contributed by atoms with Crippen LogP contribution in [0, 0.1) is 5.92 Å². The van der Waals surface area contributed by atoms with E-state index in [4.69, 9.17) is 16.3 Å². The number of hydrogen-bond donors (Lipinski definition) is 1. The molecule has 1 heterocycles. The molecule has 2 aliphatic rings. The number of nitrogens with one attached hydrogen (secondary N) is 1. The van der Waals surface area contributed by atoms with Crippen molar-refractivity contribution in [3.63, 3.8) is 0 Å². The molecule has 198 valence electrons. The van der Waals surface area contributed by atoms with E-state index in [-0.39, 0.29) is 25.1 Å². The Morgan fingerprint density at radius 3 is 2.47 bits per heavy atom. The molecule has 1 aliphatic carbocycles. The first-order chi connectivity index (χ1) is 17.0. The summed E-state index contributed by atoms with van der Waals surface area (Å²) in [7, 11) is 0. The lowest BCUT2D eigenvalue weighted by Gasteiger charge is -2.33. The van der Waals surface area contributed by atoms with Crippen molar-refractivity contribution in [2.75, 3.05) is 32.8 Å². The van der Waals surface area contributed by atoms with Gasteiger partial charge in [-0.2, -0.15) is 0 Å². The van der Waals surface area contributed by atoms with Crippen LogP contribution in [0.2, 0.25) is 5.02 Å². The van der Waals surface area contributed by atoms with E-state index in [1.807, 2.05) is 36.4 Å². The molecule has 0 bridgehead atoms. The summed E-state index contributed by atoms with van der Waals surface area (Å²) in [6.45, 7) is 16.7. The third kappa shape index (κ3) is 9.88. The Hall–Kier alpha value is -2.47. The summed E-state index contributed by atoms with van der Waals surface area (Å²) >= 11 is 6.06. The zero-order valence-electron chi connectivity index (χ0n) is 20.5. The highest BCUT2D eigenvalue weighted by molar-refractivity contribution is 6.30. The lowest BCUT2D eigenvalue weighted by molar-refractivity contribution is 0.125. The summed E-state index contributed by atoms with van der Waals surface area (Å²) < 4.78 is 33.5. The first kappa shape index (κ1) is 31.6. The van der Waals surface area contributed by atoms with Gasteiger partial charge in [-0.1, -0.05) is 62.5 Å². The van der Waals surface area contributed by atoms with Crippen LogP contribution in [0.25, 0.3) is 0 Å². The van der Waals surface area contributed by atoms with Crippen molar-refractivity contribution in [2.24, 2.45) is 5.92 Å². The van der Waals surface area contributed by atoms with Gasteiger partial charge in [-0.05, 0) is 68.6 Å². The summed E-state index contributed by atoms with van der Waals surface area (Å²) in [5.74, 6) is 0.0144. The molecule has 0 saturated carbocycles. The predicted molar refractivity (Wildman–Crippen MR) is 150 cm³/mol. The van der Waals surface area contributed by atoms with Crippen LogP contribution in [0.1, 0.15) is 44.7 Å². The van der Waals surface area contributed by atoms with Crippen molar-refractivity contribution < 1.29 is 13.5 Å². The molecule has 1 N–H and O–H groups in total. The van der Waals surface area contributed by atoms with Crippen LogP contribution < -0.4 is 5.32 Å². The van der Waals surface area contributed by atoms with E-state index in [9.17, 15) is 8.78 Å². The molecule has 6 heteroatoms. The number of rotatable bonds is 11. The van der Waals surface area contributed by atoms with E-state index in [1.165, 1.54) is 12.2 Å². The molecule has 1 saturated heterocycles. The van der Waals surface area contributed by atoms with Gasteiger partial charge >= 0.3 is 0 Å². The summed E-state index contributed by atoms with van der Waals surface area (Å²) in [6, 6.07) is 7.45. The van der Waals surface area contributed by atoms with Crippen LogP contribution in [0.5, 0.6) is 0 Å². The Morgan fingerprint density at radius 2 is 1.89 bits per heavy atom. The number of benzene rings is 1. The van der Waals surface area contributed by atoms with Crippen molar-refractivity contribution in [3.8, 4) is 0 Å². The largest absolute Gasteiger partial charge is 0.489 e. The first-order valence-electron chi connectivity index (χ1n) is 12.0. The minimum absolute atomic E-state index is 0. The molecule has 36 heavy (non-hydrogen) atoms. The van der Waals surface area contributed by atoms with Gasteiger partial charge in [0.15, 0.2) is 11.6 Å². The number of hydrogen-bond acceptors (Lipinski definition) is 3. The van der Waals surface area contributed by atoms with Gasteiger partial charge < -0.3 is 10.1 Å². The van der Waals surface area contributed by atoms with Gasteiger partial charge in [0.25, 0.3) is 0 Å². The van der Waals surface area contributed by atoms with Gasteiger partial charge in [0.2, 0.25) is 0 Å². The van der Waals surface area contributed by atoms with E-state index in [0.29, 0.717) is 24.0 Å². The first-order valence-corrected chi connectivity index (χ1v) is 12.4. The second-order valence-electron chi connectivity index (χ2n) is 8.50. The monoisotopic (exact) mass is 518 g/mol. The van der Waals surface area contributed by atoms with E-state index >= 15 is 0 Å². The highest BCUT2D eigenvalue weighted by atomic mass is 35.5. The Balaban J connectivity index is 0.00000211. The smallest absolute Gasteiger partial charge is 0.157 e. The van der Waals surface area contributed by atoms with Crippen molar-refractivity contribution in [1.29, 1.82) is 0 Å². The van der Waals surface area contributed by atoms with Crippen molar-refractivity contribution in [2.45, 2.75) is 39.2 Å². The summed E-state index contributed by atoms with van der Waals surface area (Å²) in [6.07, 6.45) is 10.2. The van der Waals surface area contributed by atoms with Gasteiger partial charge in [0.05, 0.1) is 6.04 Å². The van der Waals surface area contributed by atoms with Crippen LogP contribution in [-0.2, 0) is 4.74 Å². The van der Waals surface area contributed by atoms with Crippen molar-refractivity contribution in [1.82, 2.24) is 10.2 Å². The zero-order chi connectivity index (χ0) is 25.6. The van der Waals surface area contributed by atoms with E-state index in [0.717, 1.165) is 56.6 Å². The Bertz CT molecular complexity index is 915. The van der Waals surface area contributed by atoms with Gasteiger partial charge in [0.1, 0.15) is 12.4 Å². The van der Waals surface area contributed by atoms with Crippen LogP contribution in [0.15, 0.2) is 97.9 Å². The summed E-state index contributed by atoms with van der Waals surface area (Å²) in [5.41, 5.74) is 1.74. The fourth-order valence-electron chi connectivity index (χ4n) is 4.28. The molecular weight excluding hydrogens is 478 g/mol. The maximum atomic E-state index is 14.7. The average molecular weight is 519 g/mol. The standard InChI is InChI=1S/C27H33ClF2N2O.C2H4.CH4/c1-3-6-26(20(2)29)33-18-17-32-15-13-21(14-16-32)19-31-27(22-9-11-23(28)12-10-22)24-7-4-5-8-25(24)30;1-2;/h3-4,6-7,9-12,21,27,31H,1-2,5,8,13-19H2;1-2H2;1H4/b26-6+;;. The second kappa shape index (κ2) is 17.1. The fourth-order valence-corrected chi connectivity index (χ4v) is 4.40. The molecule has 0 radical (unpaired) electrons. The summed E-state index contributed by atoms with van der Waals surface area (Å²) in [4.78, 5) is 2.33. The van der Waals surface area contributed by atoms with Gasteiger partial charge in [-0.15, -0.1) is 13.2 Å². The fraction of sp³-hybridized carbons (Fsp3) is 0.400. The number of allylic oxidation sites excluding steroid dienone is 5. The van der Waals surface area contributed by atoms with Crippen LogP contribution in [0.3, 0.4) is 0 Å². The quantitative estimate of drug-likeness (QED) is 0.181. The number of nitrogens with zero attached hydrogens (tertiary/aromatic N) is 1. The Kier molecular flexibility index (Phi) is 15.0. The molecular formula is C30H41ClF2N2O. The average Bonchev–Trinajstić information content (AvgIpc) is 2.87. The zero-order valence-corrected chi connectivity index (χ0v) is 21.2. The van der Waals surface area contributed by atoms with Crippen LogP contribution in [-0.4, -0.2) is 37.7 Å². The Labute approximate surface area is 221 Å². The van der Waals surface area contributed by atoms with E-state index in [1.54, 1.807) is 0 Å². The van der Waals surface area contributed by atoms with Gasteiger partial charge in [-0.25, -0.2) is 8.78 Å². The lowest BCUT2D eigenvalue weighted by Crippen LogP contribution is -2.39. The van der Waals surface area contributed by atoms with Crippen LogP contribution in [0.4, 0.5) is 8.78 Å². The molecule has 0 amide bonds. The molecule has 3 nitrogen and oxygen atoms in total. The maximum Gasteiger partial charge on any atom is 0.157 e.